The van der Waals surface area contributed by atoms with Gasteiger partial charge in [-0.3, -0.25) is 0 Å². The number of fused-ring (bicyclic) bond motifs is 1. The van der Waals surface area contributed by atoms with E-state index in [9.17, 15) is 22.7 Å². The first-order chi connectivity index (χ1) is 10.2. The van der Waals surface area contributed by atoms with Crippen molar-refractivity contribution in [3.8, 4) is 0 Å². The van der Waals surface area contributed by atoms with Gasteiger partial charge in [0.2, 0.25) is 0 Å². The quantitative estimate of drug-likeness (QED) is 0.821. The van der Waals surface area contributed by atoms with Gasteiger partial charge in [-0.25, -0.2) is 9.37 Å². The number of rotatable bonds is 1. The molecule has 22 heavy (non-hydrogen) atoms. The molecule has 0 saturated carbocycles. The average Bonchev–Trinajstić information content (AvgIpc) is 2.82. The van der Waals surface area contributed by atoms with Crippen LogP contribution in [0.5, 0.6) is 0 Å². The Bertz CT molecular complexity index is 731. The standard InChI is InChI=1S/C15H14F4N2O/c1-9-7-12(10-3-2-4-11(16)13(10)20-9)21-6-5-14(22,8-21)15(17,18)19/h2-4,7,22H,5-6,8H2,1H3. The van der Waals surface area contributed by atoms with Gasteiger partial charge in [-0.15, -0.1) is 0 Å². The average molecular weight is 314 g/mol. The van der Waals surface area contributed by atoms with Crippen molar-refractivity contribution in [2.24, 2.45) is 0 Å². The van der Waals surface area contributed by atoms with Gasteiger partial charge in [0, 0.05) is 29.7 Å². The Labute approximate surface area is 124 Å². The first kappa shape index (κ1) is 15.0. The Morgan fingerprint density at radius 3 is 2.68 bits per heavy atom. The zero-order valence-electron chi connectivity index (χ0n) is 11.8. The smallest absolute Gasteiger partial charge is 0.379 e. The Balaban J connectivity index is 2.07. The summed E-state index contributed by atoms with van der Waals surface area (Å²) in [5.41, 5.74) is -1.64. The van der Waals surface area contributed by atoms with E-state index in [1.54, 1.807) is 19.1 Å². The molecule has 1 aromatic heterocycles. The summed E-state index contributed by atoms with van der Waals surface area (Å²) < 4.78 is 52.7. The molecule has 1 atom stereocenters. The molecule has 1 aromatic carbocycles. The van der Waals surface area contributed by atoms with E-state index >= 15 is 0 Å². The molecule has 118 valence electrons. The van der Waals surface area contributed by atoms with Gasteiger partial charge in [-0.05, 0) is 19.1 Å². The molecule has 0 bridgehead atoms. The predicted molar refractivity (Wildman–Crippen MR) is 74.3 cm³/mol. The highest BCUT2D eigenvalue weighted by atomic mass is 19.4. The van der Waals surface area contributed by atoms with Crippen LogP contribution in [0.4, 0.5) is 23.2 Å². The lowest BCUT2D eigenvalue weighted by Gasteiger charge is -2.27. The third kappa shape index (κ3) is 2.29. The molecule has 3 nitrogen and oxygen atoms in total. The SMILES string of the molecule is Cc1cc(N2CCC(O)(C(F)(F)F)C2)c2cccc(F)c2n1. The molecule has 1 N–H and O–H groups in total. The van der Waals surface area contributed by atoms with Gasteiger partial charge in [0.15, 0.2) is 5.60 Å². The lowest BCUT2D eigenvalue weighted by Crippen LogP contribution is -2.47. The molecule has 2 aromatic rings. The molecule has 1 fully saturated rings. The fraction of sp³-hybridized carbons (Fsp3) is 0.400. The van der Waals surface area contributed by atoms with Gasteiger partial charge >= 0.3 is 6.18 Å². The fourth-order valence-corrected chi connectivity index (χ4v) is 2.81. The number of aliphatic hydroxyl groups is 1. The summed E-state index contributed by atoms with van der Waals surface area (Å²) in [4.78, 5) is 5.54. The van der Waals surface area contributed by atoms with E-state index in [2.05, 4.69) is 4.98 Å². The Morgan fingerprint density at radius 2 is 2.05 bits per heavy atom. The summed E-state index contributed by atoms with van der Waals surface area (Å²) in [7, 11) is 0. The zero-order chi connectivity index (χ0) is 16.1. The van der Waals surface area contributed by atoms with Crippen LogP contribution in [0.15, 0.2) is 24.3 Å². The number of hydrogen-bond donors (Lipinski definition) is 1. The van der Waals surface area contributed by atoms with Crippen molar-refractivity contribution in [1.82, 2.24) is 4.98 Å². The van der Waals surface area contributed by atoms with Crippen LogP contribution in [-0.4, -0.2) is 35.0 Å². The monoisotopic (exact) mass is 314 g/mol. The van der Waals surface area contributed by atoms with E-state index in [1.807, 2.05) is 0 Å². The number of pyridine rings is 1. The highest BCUT2D eigenvalue weighted by Crippen LogP contribution is 2.40. The number of halogens is 4. The topological polar surface area (TPSA) is 36.4 Å². The molecular formula is C15H14F4N2O. The minimum Gasteiger partial charge on any atom is -0.379 e. The fourth-order valence-electron chi connectivity index (χ4n) is 2.81. The molecule has 3 rings (SSSR count). The first-order valence-corrected chi connectivity index (χ1v) is 6.81. The molecule has 7 heteroatoms. The van der Waals surface area contributed by atoms with Gasteiger partial charge < -0.3 is 10.0 Å². The van der Waals surface area contributed by atoms with Gasteiger partial charge in [0.1, 0.15) is 11.3 Å². The Hall–Kier alpha value is -1.89. The number of anilines is 1. The highest BCUT2D eigenvalue weighted by molar-refractivity contribution is 5.92. The van der Waals surface area contributed by atoms with Crippen molar-refractivity contribution in [3.05, 3.63) is 35.8 Å². The van der Waals surface area contributed by atoms with Gasteiger partial charge in [-0.1, -0.05) is 12.1 Å². The lowest BCUT2D eigenvalue weighted by atomic mass is 10.0. The molecule has 1 unspecified atom stereocenters. The summed E-state index contributed by atoms with van der Waals surface area (Å²) in [5, 5.41) is 10.2. The Morgan fingerprint density at radius 1 is 1.32 bits per heavy atom. The van der Waals surface area contributed by atoms with Gasteiger partial charge in [0.25, 0.3) is 0 Å². The van der Waals surface area contributed by atoms with Crippen molar-refractivity contribution in [1.29, 1.82) is 0 Å². The number of benzene rings is 1. The molecule has 1 saturated heterocycles. The van der Waals surface area contributed by atoms with Crippen LogP contribution in [0.1, 0.15) is 12.1 Å². The second kappa shape index (κ2) is 4.81. The van der Waals surface area contributed by atoms with Crippen LogP contribution in [-0.2, 0) is 0 Å². The summed E-state index contributed by atoms with van der Waals surface area (Å²) >= 11 is 0. The highest BCUT2D eigenvalue weighted by Gasteiger charge is 2.57. The van der Waals surface area contributed by atoms with Crippen LogP contribution < -0.4 is 4.90 Å². The normalized spacial score (nSPS) is 22.5. The van der Waals surface area contributed by atoms with Crippen molar-refractivity contribution in [2.75, 3.05) is 18.0 Å². The van der Waals surface area contributed by atoms with E-state index < -0.39 is 30.6 Å². The van der Waals surface area contributed by atoms with Gasteiger partial charge in [-0.2, -0.15) is 13.2 Å². The summed E-state index contributed by atoms with van der Waals surface area (Å²) in [5.74, 6) is -0.521. The van der Waals surface area contributed by atoms with Crippen LogP contribution in [0.25, 0.3) is 10.9 Å². The van der Waals surface area contributed by atoms with Crippen molar-refractivity contribution in [2.45, 2.75) is 25.1 Å². The molecule has 0 aliphatic carbocycles. The van der Waals surface area contributed by atoms with E-state index in [0.29, 0.717) is 16.8 Å². The zero-order valence-corrected chi connectivity index (χ0v) is 11.8. The van der Waals surface area contributed by atoms with E-state index in [0.717, 1.165) is 0 Å². The number of nitrogens with zero attached hydrogens (tertiary/aromatic N) is 2. The minimum absolute atomic E-state index is 0.0467. The van der Waals surface area contributed by atoms with Gasteiger partial charge in [0.05, 0.1) is 6.54 Å². The largest absolute Gasteiger partial charge is 0.418 e. The third-order valence-corrected chi connectivity index (χ3v) is 4.01. The Kier molecular flexibility index (Phi) is 3.28. The maximum absolute atomic E-state index is 13.9. The number of para-hydroxylation sites is 1. The molecule has 0 spiro atoms. The summed E-state index contributed by atoms with van der Waals surface area (Å²) in [6.07, 6.45) is -5.10. The number of β-amino-alcohol motifs (C(OH)–C–C–N with tert-alkyl or cyclic N) is 1. The molecule has 0 radical (unpaired) electrons. The van der Waals surface area contributed by atoms with Crippen molar-refractivity contribution >= 4 is 16.6 Å². The number of alkyl halides is 3. The predicted octanol–water partition coefficient (Wildman–Crippen LogP) is 3.19. The molecule has 2 heterocycles. The molecule has 1 aliphatic heterocycles. The summed E-state index contributed by atoms with van der Waals surface area (Å²) in [6.45, 7) is 1.14. The number of aryl methyl sites for hydroxylation is 1. The van der Waals surface area contributed by atoms with Crippen molar-refractivity contribution < 1.29 is 22.7 Å². The van der Waals surface area contributed by atoms with E-state index in [4.69, 9.17) is 0 Å². The minimum atomic E-state index is -4.69. The summed E-state index contributed by atoms with van der Waals surface area (Å²) in [6, 6.07) is 5.98. The first-order valence-electron chi connectivity index (χ1n) is 6.81. The van der Waals surface area contributed by atoms with E-state index in [1.165, 1.54) is 17.0 Å². The van der Waals surface area contributed by atoms with Crippen molar-refractivity contribution in [3.63, 3.8) is 0 Å². The maximum atomic E-state index is 13.9. The second-order valence-electron chi connectivity index (χ2n) is 5.62. The number of aromatic nitrogens is 1. The van der Waals surface area contributed by atoms with Crippen LogP contribution >= 0.6 is 0 Å². The molecular weight excluding hydrogens is 300 g/mol. The van der Waals surface area contributed by atoms with Crippen LogP contribution in [0.3, 0.4) is 0 Å². The second-order valence-corrected chi connectivity index (χ2v) is 5.62. The maximum Gasteiger partial charge on any atom is 0.418 e. The van der Waals surface area contributed by atoms with Crippen LogP contribution in [0, 0.1) is 12.7 Å². The number of hydrogen-bond acceptors (Lipinski definition) is 3. The lowest BCUT2D eigenvalue weighted by molar-refractivity contribution is -0.250. The molecule has 1 aliphatic rings. The van der Waals surface area contributed by atoms with E-state index in [-0.39, 0.29) is 12.1 Å². The third-order valence-electron chi connectivity index (χ3n) is 4.01. The molecule has 0 amide bonds. The van der Waals surface area contributed by atoms with Crippen LogP contribution in [0.2, 0.25) is 0 Å².